The Morgan fingerprint density at radius 1 is 1.30 bits per heavy atom. The Bertz CT molecular complexity index is 551. The largest absolute Gasteiger partial charge is 0.386 e. The van der Waals surface area contributed by atoms with Crippen molar-refractivity contribution in [1.29, 1.82) is 10.5 Å². The van der Waals surface area contributed by atoms with Crippen molar-refractivity contribution in [1.82, 2.24) is 0 Å². The molecule has 2 aliphatic heterocycles. The van der Waals surface area contributed by atoms with Crippen LogP contribution in [0.3, 0.4) is 0 Å². The lowest BCUT2D eigenvalue weighted by Crippen LogP contribution is -2.39. The molecule has 0 aromatic carbocycles. The van der Waals surface area contributed by atoms with Gasteiger partial charge >= 0.3 is 0 Å². The van der Waals surface area contributed by atoms with Crippen LogP contribution in [0.5, 0.6) is 0 Å². The quantitative estimate of drug-likeness (QED) is 0.831. The van der Waals surface area contributed by atoms with Crippen molar-refractivity contribution < 1.29 is 9.47 Å². The molecule has 106 valence electrons. The number of nitriles is 2. The van der Waals surface area contributed by atoms with Crippen LogP contribution in [0.4, 0.5) is 0 Å². The van der Waals surface area contributed by atoms with Gasteiger partial charge in [0.05, 0.1) is 25.4 Å². The standard InChI is InChI=1S/C14H18N4O2/c1-3-9(4-2)10-12(7-15)11(17)18-14(13(10,12)8-16)19-5-6-20-14/h9-10H,3-6H2,1-2H3,(H2,17,18)/t10-,12+,13+/m0/s1. The maximum atomic E-state index is 9.83. The molecule has 6 heteroatoms. The van der Waals surface area contributed by atoms with E-state index in [4.69, 9.17) is 15.2 Å². The summed E-state index contributed by atoms with van der Waals surface area (Å²) in [6.07, 6.45) is 1.77. The topological polar surface area (TPSA) is 104 Å². The number of fused-ring (bicyclic) bond motifs is 2. The number of hydrogen-bond acceptors (Lipinski definition) is 6. The molecule has 1 saturated heterocycles. The highest BCUT2D eigenvalue weighted by Gasteiger charge is 2.94. The molecule has 1 spiro atoms. The summed E-state index contributed by atoms with van der Waals surface area (Å²) in [5.74, 6) is -1.11. The summed E-state index contributed by atoms with van der Waals surface area (Å²) in [5, 5.41) is 19.5. The zero-order valence-corrected chi connectivity index (χ0v) is 11.7. The highest BCUT2D eigenvalue weighted by molar-refractivity contribution is 5.98. The van der Waals surface area contributed by atoms with Crippen LogP contribution in [0.25, 0.3) is 0 Å². The molecule has 2 heterocycles. The molecule has 0 bridgehead atoms. The average Bonchev–Trinajstić information content (AvgIpc) is 2.72. The van der Waals surface area contributed by atoms with Crippen LogP contribution in [0, 0.1) is 45.3 Å². The van der Waals surface area contributed by atoms with Gasteiger partial charge in [-0.2, -0.15) is 10.5 Å². The average molecular weight is 274 g/mol. The van der Waals surface area contributed by atoms with Crippen molar-refractivity contribution in [2.75, 3.05) is 13.2 Å². The van der Waals surface area contributed by atoms with Gasteiger partial charge in [0.25, 0.3) is 5.91 Å². The van der Waals surface area contributed by atoms with Crippen LogP contribution in [-0.4, -0.2) is 25.0 Å². The van der Waals surface area contributed by atoms with Crippen molar-refractivity contribution in [2.24, 2.45) is 33.4 Å². The Kier molecular flexibility index (Phi) is 2.63. The zero-order chi connectivity index (χ0) is 14.6. The lowest BCUT2D eigenvalue weighted by Gasteiger charge is -2.27. The van der Waals surface area contributed by atoms with Crippen molar-refractivity contribution in [3.8, 4) is 12.1 Å². The van der Waals surface area contributed by atoms with Crippen LogP contribution >= 0.6 is 0 Å². The third kappa shape index (κ3) is 1.06. The third-order valence-corrected chi connectivity index (χ3v) is 5.19. The van der Waals surface area contributed by atoms with Gasteiger partial charge in [-0.1, -0.05) is 26.7 Å². The monoisotopic (exact) mass is 274 g/mol. The van der Waals surface area contributed by atoms with E-state index in [0.717, 1.165) is 12.8 Å². The SMILES string of the molecule is CCC(CC)[C@H]1[C@]2(C#N)C(N)=NC3(OCCO3)[C@]12C#N. The molecule has 0 radical (unpaired) electrons. The fourth-order valence-electron chi connectivity index (χ4n) is 4.25. The Balaban J connectivity index is 2.16. The summed E-state index contributed by atoms with van der Waals surface area (Å²) in [5.41, 5.74) is 3.89. The predicted octanol–water partition coefficient (Wildman–Crippen LogP) is 1.14. The first-order valence-electron chi connectivity index (χ1n) is 7.06. The van der Waals surface area contributed by atoms with Crippen LogP contribution in [0.15, 0.2) is 4.99 Å². The molecule has 3 rings (SSSR count). The number of rotatable bonds is 3. The normalized spacial score (nSPS) is 40.2. The molecule has 6 nitrogen and oxygen atoms in total. The molecule has 0 amide bonds. The molecule has 0 aromatic heterocycles. The maximum Gasteiger partial charge on any atom is 0.293 e. The minimum Gasteiger partial charge on any atom is -0.386 e. The molecular weight excluding hydrogens is 256 g/mol. The predicted molar refractivity (Wildman–Crippen MR) is 69.9 cm³/mol. The summed E-state index contributed by atoms with van der Waals surface area (Å²) >= 11 is 0. The highest BCUT2D eigenvalue weighted by Crippen LogP contribution is 2.80. The molecule has 3 atom stereocenters. The van der Waals surface area contributed by atoms with Crippen molar-refractivity contribution in [3.05, 3.63) is 0 Å². The molecule has 20 heavy (non-hydrogen) atoms. The lowest BCUT2D eigenvalue weighted by molar-refractivity contribution is -0.188. The number of nitrogens with two attached hydrogens (primary N) is 1. The van der Waals surface area contributed by atoms with E-state index < -0.39 is 16.7 Å². The van der Waals surface area contributed by atoms with Crippen LogP contribution < -0.4 is 5.73 Å². The Morgan fingerprint density at radius 3 is 2.35 bits per heavy atom. The number of hydrogen-bond donors (Lipinski definition) is 1. The summed E-state index contributed by atoms with van der Waals surface area (Å²) in [7, 11) is 0. The molecule has 1 saturated carbocycles. The molecule has 0 aromatic rings. The van der Waals surface area contributed by atoms with Crippen molar-refractivity contribution in [3.63, 3.8) is 0 Å². The van der Waals surface area contributed by atoms with Gasteiger partial charge in [0.15, 0.2) is 5.41 Å². The number of amidine groups is 1. The Hall–Kier alpha value is -1.63. The Labute approximate surface area is 118 Å². The molecule has 2 N–H and O–H groups in total. The van der Waals surface area contributed by atoms with E-state index in [9.17, 15) is 10.5 Å². The van der Waals surface area contributed by atoms with Gasteiger partial charge in [-0.05, 0) is 5.92 Å². The van der Waals surface area contributed by atoms with E-state index in [-0.39, 0.29) is 17.7 Å². The van der Waals surface area contributed by atoms with Crippen LogP contribution in [-0.2, 0) is 9.47 Å². The van der Waals surface area contributed by atoms with E-state index in [1.165, 1.54) is 0 Å². The summed E-state index contributed by atoms with van der Waals surface area (Å²) in [6.45, 7) is 4.87. The van der Waals surface area contributed by atoms with E-state index in [1.807, 2.05) is 0 Å². The van der Waals surface area contributed by atoms with Gasteiger partial charge in [-0.25, -0.2) is 4.99 Å². The maximum absolute atomic E-state index is 9.83. The van der Waals surface area contributed by atoms with Gasteiger partial charge < -0.3 is 15.2 Å². The van der Waals surface area contributed by atoms with Gasteiger partial charge in [-0.3, -0.25) is 0 Å². The van der Waals surface area contributed by atoms with E-state index in [1.54, 1.807) is 0 Å². The fraction of sp³-hybridized carbons (Fsp3) is 0.786. The van der Waals surface area contributed by atoms with Gasteiger partial charge in [0, 0.05) is 5.92 Å². The highest BCUT2D eigenvalue weighted by atomic mass is 16.8. The van der Waals surface area contributed by atoms with Crippen LogP contribution in [0.1, 0.15) is 26.7 Å². The van der Waals surface area contributed by atoms with Crippen molar-refractivity contribution in [2.45, 2.75) is 32.6 Å². The minimum absolute atomic E-state index is 0.171. The second kappa shape index (κ2) is 3.94. The van der Waals surface area contributed by atoms with Gasteiger partial charge in [0.2, 0.25) is 0 Å². The minimum atomic E-state index is -1.37. The first-order chi connectivity index (χ1) is 9.60. The van der Waals surface area contributed by atoms with E-state index in [2.05, 4.69) is 31.0 Å². The summed E-state index contributed by atoms with van der Waals surface area (Å²) < 4.78 is 11.3. The molecule has 3 aliphatic rings. The second-order valence-electron chi connectivity index (χ2n) is 5.67. The zero-order valence-electron chi connectivity index (χ0n) is 11.7. The summed E-state index contributed by atoms with van der Waals surface area (Å²) in [6, 6.07) is 4.57. The number of ether oxygens (including phenoxy) is 2. The lowest BCUT2D eigenvalue weighted by atomic mass is 9.89. The molecule has 1 aliphatic carbocycles. The molecule has 2 fully saturated rings. The van der Waals surface area contributed by atoms with Crippen LogP contribution in [0.2, 0.25) is 0 Å². The van der Waals surface area contributed by atoms with Gasteiger partial charge in [0.1, 0.15) is 11.3 Å². The molecule has 0 unspecified atom stereocenters. The molecular formula is C14H18N4O2. The summed E-state index contributed by atoms with van der Waals surface area (Å²) in [4.78, 5) is 4.24. The van der Waals surface area contributed by atoms with Crippen molar-refractivity contribution >= 4 is 5.84 Å². The van der Waals surface area contributed by atoms with E-state index >= 15 is 0 Å². The fourth-order valence-corrected chi connectivity index (χ4v) is 4.25. The van der Waals surface area contributed by atoms with Gasteiger partial charge in [-0.15, -0.1) is 0 Å². The third-order valence-electron chi connectivity index (χ3n) is 5.19. The number of nitrogens with zero attached hydrogens (tertiary/aromatic N) is 3. The first-order valence-corrected chi connectivity index (χ1v) is 7.06. The first kappa shape index (κ1) is 13.4. The van der Waals surface area contributed by atoms with E-state index in [0.29, 0.717) is 13.2 Å². The number of aliphatic imine (C=N–C) groups is 1. The smallest absolute Gasteiger partial charge is 0.293 e. The second-order valence-corrected chi connectivity index (χ2v) is 5.67. The Morgan fingerprint density at radius 2 is 1.90 bits per heavy atom.